The van der Waals surface area contributed by atoms with Gasteiger partial charge in [0.2, 0.25) is 0 Å². The molecule has 1 aliphatic carbocycles. The van der Waals surface area contributed by atoms with Crippen LogP contribution in [0, 0.1) is 5.92 Å². The van der Waals surface area contributed by atoms with Crippen molar-refractivity contribution in [1.82, 2.24) is 0 Å². The first kappa shape index (κ1) is 31.0. The summed E-state index contributed by atoms with van der Waals surface area (Å²) in [5.41, 5.74) is 0.262. The van der Waals surface area contributed by atoms with Crippen LogP contribution in [0.1, 0.15) is 87.5 Å². The Labute approximate surface area is 182 Å². The standard InChI is InChI=1S/C8H16O2.C8H16O.2C2H6.I2/c1-7-6-8(2,9-3)4-5-10-7;1-7-5-4-6-8(7,2)9-3;3*1-2/h7H,4-6H2,1-3H3;7H,4-6H2,1-3H3;2*1-2H3;. The molecule has 0 amide bonds. The molecule has 0 radical (unpaired) electrons. The molecule has 4 atom stereocenters. The predicted molar refractivity (Wildman–Crippen MR) is 129 cm³/mol. The van der Waals surface area contributed by atoms with E-state index in [1.54, 1.807) is 7.11 Å². The lowest BCUT2D eigenvalue weighted by molar-refractivity contribution is -0.107. The lowest BCUT2D eigenvalue weighted by atomic mass is 9.93. The Bertz CT molecular complexity index is 280. The Kier molecular flexibility index (Phi) is 23.2. The topological polar surface area (TPSA) is 27.7 Å². The van der Waals surface area contributed by atoms with Crippen molar-refractivity contribution in [2.24, 2.45) is 5.92 Å². The van der Waals surface area contributed by atoms with E-state index in [0.717, 1.165) is 25.4 Å². The summed E-state index contributed by atoms with van der Waals surface area (Å²) in [6.07, 6.45) is 6.32. The smallest absolute Gasteiger partial charge is 0.0697 e. The fraction of sp³-hybridized carbons (Fsp3) is 1.00. The highest BCUT2D eigenvalue weighted by Gasteiger charge is 2.35. The van der Waals surface area contributed by atoms with E-state index in [1.807, 2.05) is 34.8 Å². The van der Waals surface area contributed by atoms with E-state index in [9.17, 15) is 0 Å². The molecule has 1 heterocycles. The third-order valence-corrected chi connectivity index (χ3v) is 5.06. The van der Waals surface area contributed by atoms with Crippen LogP contribution < -0.4 is 0 Å². The molecular formula is C20H44I2O3. The summed E-state index contributed by atoms with van der Waals surface area (Å²) in [5.74, 6) is 0.752. The molecule has 1 aliphatic heterocycles. The van der Waals surface area contributed by atoms with Gasteiger partial charge in [0.15, 0.2) is 0 Å². The summed E-state index contributed by atoms with van der Waals surface area (Å²) in [7, 11) is 3.60. The second-order valence-electron chi connectivity index (χ2n) is 6.60. The Hall–Kier alpha value is 1.34. The van der Waals surface area contributed by atoms with Gasteiger partial charge >= 0.3 is 0 Å². The van der Waals surface area contributed by atoms with Gasteiger partial charge in [0.1, 0.15) is 0 Å². The van der Waals surface area contributed by atoms with Crippen LogP contribution in [0.4, 0.5) is 0 Å². The van der Waals surface area contributed by atoms with Crippen LogP contribution in [0.15, 0.2) is 0 Å². The Balaban J connectivity index is -0.000000299. The van der Waals surface area contributed by atoms with Crippen LogP contribution in [-0.4, -0.2) is 38.1 Å². The zero-order chi connectivity index (χ0) is 20.5. The molecule has 0 aromatic rings. The van der Waals surface area contributed by atoms with E-state index in [4.69, 9.17) is 14.2 Å². The number of methoxy groups -OCH3 is 2. The summed E-state index contributed by atoms with van der Waals surface area (Å²) >= 11 is 4.24. The van der Waals surface area contributed by atoms with Crippen LogP contribution in [0.2, 0.25) is 0 Å². The van der Waals surface area contributed by atoms with Gasteiger partial charge in [-0.15, -0.1) is 0 Å². The summed E-state index contributed by atoms with van der Waals surface area (Å²) in [6.45, 7) is 17.6. The highest BCUT2D eigenvalue weighted by Crippen LogP contribution is 2.37. The molecule has 1 saturated heterocycles. The van der Waals surface area contributed by atoms with Gasteiger partial charge in [-0.25, -0.2) is 0 Å². The van der Waals surface area contributed by atoms with Crippen LogP contribution in [0.5, 0.6) is 0 Å². The van der Waals surface area contributed by atoms with Crippen molar-refractivity contribution in [3.63, 3.8) is 0 Å². The lowest BCUT2D eigenvalue weighted by Gasteiger charge is -2.35. The maximum atomic E-state index is 5.41. The van der Waals surface area contributed by atoms with E-state index in [2.05, 4.69) is 64.9 Å². The molecule has 2 fully saturated rings. The minimum Gasteiger partial charge on any atom is -0.378 e. The van der Waals surface area contributed by atoms with Gasteiger partial charge in [-0.05, 0) is 46.0 Å². The summed E-state index contributed by atoms with van der Waals surface area (Å²) < 4.78 is 16.2. The molecule has 3 nitrogen and oxygen atoms in total. The number of hydrogen-bond acceptors (Lipinski definition) is 3. The zero-order valence-electron chi connectivity index (χ0n) is 18.4. The molecule has 0 aromatic heterocycles. The quantitative estimate of drug-likeness (QED) is 0.312. The molecule has 1 saturated carbocycles. The molecular weight excluding hydrogens is 542 g/mol. The van der Waals surface area contributed by atoms with Gasteiger partial charge in [-0.2, -0.15) is 0 Å². The highest BCUT2D eigenvalue weighted by molar-refractivity contribution is 15.0. The van der Waals surface area contributed by atoms with Crippen molar-refractivity contribution >= 4 is 37.2 Å². The van der Waals surface area contributed by atoms with Gasteiger partial charge in [-0.3, -0.25) is 0 Å². The number of ether oxygens (including phenoxy) is 3. The van der Waals surface area contributed by atoms with Crippen molar-refractivity contribution in [3.8, 4) is 0 Å². The molecule has 2 rings (SSSR count). The van der Waals surface area contributed by atoms with Crippen molar-refractivity contribution in [2.45, 2.75) is 105 Å². The molecule has 5 heteroatoms. The number of hydrogen-bond donors (Lipinski definition) is 0. The second kappa shape index (κ2) is 18.7. The van der Waals surface area contributed by atoms with Crippen LogP contribution in [0.25, 0.3) is 0 Å². The molecule has 0 bridgehead atoms. The van der Waals surface area contributed by atoms with Gasteiger partial charge in [0.25, 0.3) is 0 Å². The van der Waals surface area contributed by atoms with Crippen molar-refractivity contribution < 1.29 is 14.2 Å². The Morgan fingerprint density at radius 1 is 0.920 bits per heavy atom. The summed E-state index contributed by atoms with van der Waals surface area (Å²) in [4.78, 5) is 0. The number of rotatable bonds is 2. The molecule has 4 unspecified atom stereocenters. The first-order chi connectivity index (χ1) is 11.9. The SMILES string of the molecule is CC.CC.COC1(C)CCCC1C.COC1(C)CCOC(C)C1.II. The fourth-order valence-corrected chi connectivity index (χ4v) is 3.04. The van der Waals surface area contributed by atoms with E-state index < -0.39 is 0 Å². The Morgan fingerprint density at radius 3 is 1.68 bits per heavy atom. The maximum absolute atomic E-state index is 5.41. The minimum atomic E-state index is 0.0671. The van der Waals surface area contributed by atoms with Crippen molar-refractivity contribution in [3.05, 3.63) is 0 Å². The van der Waals surface area contributed by atoms with Crippen molar-refractivity contribution in [2.75, 3.05) is 20.8 Å². The average molecular weight is 586 g/mol. The fourth-order valence-electron chi connectivity index (χ4n) is 3.04. The Morgan fingerprint density at radius 2 is 1.44 bits per heavy atom. The molecule has 156 valence electrons. The van der Waals surface area contributed by atoms with E-state index in [1.165, 1.54) is 19.3 Å². The summed E-state index contributed by atoms with van der Waals surface area (Å²) in [6, 6.07) is 0. The average Bonchev–Trinajstić information content (AvgIpc) is 3.00. The van der Waals surface area contributed by atoms with Crippen molar-refractivity contribution in [1.29, 1.82) is 0 Å². The van der Waals surface area contributed by atoms with Gasteiger partial charge in [0.05, 0.1) is 17.3 Å². The van der Waals surface area contributed by atoms with Gasteiger partial charge < -0.3 is 14.2 Å². The number of halogens is 2. The van der Waals surface area contributed by atoms with E-state index in [-0.39, 0.29) is 11.2 Å². The second-order valence-corrected chi connectivity index (χ2v) is 6.60. The minimum absolute atomic E-state index is 0.0671. The van der Waals surface area contributed by atoms with Gasteiger partial charge in [0, 0.05) is 64.5 Å². The molecule has 0 spiro atoms. The monoisotopic (exact) mass is 586 g/mol. The van der Waals surface area contributed by atoms with E-state index in [0.29, 0.717) is 6.10 Å². The van der Waals surface area contributed by atoms with Crippen LogP contribution in [-0.2, 0) is 14.2 Å². The predicted octanol–water partition coefficient (Wildman–Crippen LogP) is 7.63. The zero-order valence-corrected chi connectivity index (χ0v) is 22.7. The van der Waals surface area contributed by atoms with E-state index >= 15 is 0 Å². The first-order valence-corrected chi connectivity index (χ1v) is 16.0. The van der Waals surface area contributed by atoms with Crippen LogP contribution in [0.3, 0.4) is 0 Å². The molecule has 25 heavy (non-hydrogen) atoms. The summed E-state index contributed by atoms with van der Waals surface area (Å²) in [5, 5.41) is 0. The molecule has 0 N–H and O–H groups in total. The third-order valence-electron chi connectivity index (χ3n) is 5.06. The van der Waals surface area contributed by atoms with Gasteiger partial charge in [-0.1, -0.05) is 41.0 Å². The molecule has 0 aromatic carbocycles. The lowest BCUT2D eigenvalue weighted by Crippen LogP contribution is -2.38. The van der Waals surface area contributed by atoms with Crippen LogP contribution >= 0.6 is 37.2 Å². The normalized spacial score (nSPS) is 33.1. The maximum Gasteiger partial charge on any atom is 0.0697 e. The third kappa shape index (κ3) is 13.2. The largest absolute Gasteiger partial charge is 0.378 e. The first-order valence-electron chi connectivity index (χ1n) is 9.71. The highest BCUT2D eigenvalue weighted by atomic mass is 128. The molecule has 2 aliphatic rings.